The summed E-state index contributed by atoms with van der Waals surface area (Å²) >= 11 is 1.43. The first-order valence-corrected chi connectivity index (χ1v) is 5.00. The Balaban J connectivity index is 2.01. The van der Waals surface area contributed by atoms with Crippen molar-refractivity contribution in [3.8, 4) is 5.19 Å². The summed E-state index contributed by atoms with van der Waals surface area (Å²) in [5.41, 5.74) is 0.929. The Hall–Kier alpha value is -1.10. The highest BCUT2D eigenvalue weighted by molar-refractivity contribution is 7.11. The van der Waals surface area contributed by atoms with Gasteiger partial charge in [-0.25, -0.2) is 4.98 Å². The molecule has 1 saturated heterocycles. The fourth-order valence-electron chi connectivity index (χ4n) is 1.19. The van der Waals surface area contributed by atoms with Gasteiger partial charge in [0.15, 0.2) is 6.10 Å². The van der Waals surface area contributed by atoms with Crippen molar-refractivity contribution in [3.63, 3.8) is 0 Å². The Kier molecular flexibility index (Phi) is 2.18. The minimum atomic E-state index is -0.342. The molecule has 1 aliphatic heterocycles. The molecule has 1 aromatic rings. The fraction of sp³-hybridized carbons (Fsp3) is 0.500. The number of nitrogens with zero attached hydrogens (tertiary/aromatic N) is 1. The normalized spacial score (nSPS) is 21.6. The first-order chi connectivity index (χ1) is 6.25. The van der Waals surface area contributed by atoms with Crippen molar-refractivity contribution in [2.24, 2.45) is 0 Å². The van der Waals surface area contributed by atoms with Gasteiger partial charge in [0.1, 0.15) is 0 Å². The van der Waals surface area contributed by atoms with Crippen molar-refractivity contribution in [2.75, 3.05) is 6.54 Å². The van der Waals surface area contributed by atoms with E-state index in [1.807, 2.05) is 12.3 Å². The molecule has 5 heteroatoms. The van der Waals surface area contributed by atoms with Crippen LogP contribution in [0.5, 0.6) is 5.19 Å². The van der Waals surface area contributed by atoms with E-state index in [9.17, 15) is 4.79 Å². The van der Waals surface area contributed by atoms with Gasteiger partial charge in [0.2, 0.25) is 0 Å². The first kappa shape index (κ1) is 8.50. The molecule has 0 saturated carbocycles. The van der Waals surface area contributed by atoms with Crippen molar-refractivity contribution in [3.05, 3.63) is 11.1 Å². The molecule has 13 heavy (non-hydrogen) atoms. The van der Waals surface area contributed by atoms with Gasteiger partial charge in [0.05, 0.1) is 5.69 Å². The van der Waals surface area contributed by atoms with Gasteiger partial charge < -0.3 is 10.1 Å². The summed E-state index contributed by atoms with van der Waals surface area (Å²) in [5.74, 6) is -0.0344. The fourth-order valence-corrected chi connectivity index (χ4v) is 1.88. The average Bonchev–Trinajstić information content (AvgIpc) is 2.64. The van der Waals surface area contributed by atoms with Crippen LogP contribution in [0.2, 0.25) is 0 Å². The second-order valence-electron chi connectivity index (χ2n) is 2.94. The Morgan fingerprint density at radius 3 is 3.15 bits per heavy atom. The summed E-state index contributed by atoms with van der Waals surface area (Å²) in [7, 11) is 0. The van der Waals surface area contributed by atoms with Crippen LogP contribution < -0.4 is 10.1 Å². The van der Waals surface area contributed by atoms with Crippen LogP contribution in [0.4, 0.5) is 0 Å². The zero-order valence-corrected chi connectivity index (χ0v) is 8.06. The lowest BCUT2D eigenvalue weighted by molar-refractivity contribution is -0.124. The van der Waals surface area contributed by atoms with E-state index in [4.69, 9.17) is 4.74 Å². The highest BCUT2D eigenvalue weighted by Gasteiger charge is 2.26. The molecule has 0 aromatic carbocycles. The minimum absolute atomic E-state index is 0.0344. The van der Waals surface area contributed by atoms with Crippen molar-refractivity contribution in [2.45, 2.75) is 19.4 Å². The summed E-state index contributed by atoms with van der Waals surface area (Å²) in [6.45, 7) is 2.60. The van der Waals surface area contributed by atoms with Gasteiger partial charge in [-0.1, -0.05) is 11.3 Å². The molecule has 1 unspecified atom stereocenters. The monoisotopic (exact) mass is 198 g/mol. The number of thiazole rings is 1. The first-order valence-electron chi connectivity index (χ1n) is 4.12. The number of carbonyl (C=O) groups is 1. The third kappa shape index (κ3) is 1.80. The Bertz CT molecular complexity index is 324. The van der Waals surface area contributed by atoms with Crippen LogP contribution in [-0.2, 0) is 4.79 Å². The Labute approximate surface area is 79.9 Å². The second-order valence-corrected chi connectivity index (χ2v) is 3.76. The third-order valence-electron chi connectivity index (χ3n) is 1.84. The maximum atomic E-state index is 11.1. The zero-order chi connectivity index (χ0) is 9.26. The topological polar surface area (TPSA) is 51.2 Å². The molecule has 0 radical (unpaired) electrons. The largest absolute Gasteiger partial charge is 0.457 e. The molecule has 1 N–H and O–H groups in total. The number of aromatic nitrogens is 1. The van der Waals surface area contributed by atoms with Crippen molar-refractivity contribution >= 4 is 17.2 Å². The summed E-state index contributed by atoms with van der Waals surface area (Å²) in [6, 6.07) is 0. The van der Waals surface area contributed by atoms with E-state index in [-0.39, 0.29) is 12.0 Å². The smallest absolute Gasteiger partial charge is 0.274 e. The predicted octanol–water partition coefficient (Wildman–Crippen LogP) is 0.719. The Morgan fingerprint density at radius 2 is 2.62 bits per heavy atom. The molecule has 1 fully saturated rings. The van der Waals surface area contributed by atoms with Crippen LogP contribution in [0.25, 0.3) is 0 Å². The number of nitrogens with one attached hydrogen (secondary N) is 1. The predicted molar refractivity (Wildman–Crippen MR) is 48.9 cm³/mol. The van der Waals surface area contributed by atoms with Gasteiger partial charge in [-0.15, -0.1) is 0 Å². The standard InChI is InChI=1S/C8H10N2O2S/c1-5-4-13-8(10-5)12-6-2-3-9-7(6)11/h4,6H,2-3H2,1H3,(H,9,11). The summed E-state index contributed by atoms with van der Waals surface area (Å²) in [6.07, 6.45) is 0.392. The zero-order valence-electron chi connectivity index (χ0n) is 7.24. The molecular formula is C8H10N2O2S. The van der Waals surface area contributed by atoms with Crippen molar-refractivity contribution in [1.82, 2.24) is 10.3 Å². The Morgan fingerprint density at radius 1 is 1.77 bits per heavy atom. The maximum Gasteiger partial charge on any atom is 0.274 e. The molecule has 0 bridgehead atoms. The number of hydrogen-bond donors (Lipinski definition) is 1. The van der Waals surface area contributed by atoms with E-state index in [2.05, 4.69) is 10.3 Å². The van der Waals surface area contributed by atoms with Gasteiger partial charge in [0.25, 0.3) is 11.1 Å². The average molecular weight is 198 g/mol. The molecule has 2 heterocycles. The van der Waals surface area contributed by atoms with Crippen LogP contribution in [0.3, 0.4) is 0 Å². The van der Waals surface area contributed by atoms with Gasteiger partial charge >= 0.3 is 0 Å². The second kappa shape index (κ2) is 3.33. The number of aryl methyl sites for hydroxylation is 1. The van der Waals surface area contributed by atoms with E-state index < -0.39 is 0 Å². The van der Waals surface area contributed by atoms with E-state index >= 15 is 0 Å². The maximum absolute atomic E-state index is 11.1. The number of carbonyl (C=O) groups excluding carboxylic acids is 1. The lowest BCUT2D eigenvalue weighted by Crippen LogP contribution is -2.27. The SMILES string of the molecule is Cc1csc(OC2CCNC2=O)n1. The van der Waals surface area contributed by atoms with Crippen LogP contribution in [0.1, 0.15) is 12.1 Å². The van der Waals surface area contributed by atoms with Crippen LogP contribution in [0, 0.1) is 6.92 Å². The lowest BCUT2D eigenvalue weighted by atomic mass is 10.3. The quantitative estimate of drug-likeness (QED) is 0.761. The van der Waals surface area contributed by atoms with Gasteiger partial charge in [-0.2, -0.15) is 0 Å². The number of amides is 1. The van der Waals surface area contributed by atoms with Gasteiger partial charge in [0, 0.05) is 18.3 Å². The third-order valence-corrected chi connectivity index (χ3v) is 2.69. The number of ether oxygens (including phenoxy) is 1. The van der Waals surface area contributed by atoms with Crippen molar-refractivity contribution in [1.29, 1.82) is 0 Å². The molecule has 4 nitrogen and oxygen atoms in total. The van der Waals surface area contributed by atoms with E-state index in [0.29, 0.717) is 11.7 Å². The van der Waals surface area contributed by atoms with Crippen LogP contribution >= 0.6 is 11.3 Å². The van der Waals surface area contributed by atoms with E-state index in [1.165, 1.54) is 11.3 Å². The summed E-state index contributed by atoms with van der Waals surface area (Å²) in [4.78, 5) is 15.3. The molecule has 0 aliphatic carbocycles. The lowest BCUT2D eigenvalue weighted by Gasteiger charge is -2.06. The summed E-state index contributed by atoms with van der Waals surface area (Å²) in [5, 5.41) is 5.20. The molecule has 1 aromatic heterocycles. The van der Waals surface area contributed by atoms with Crippen LogP contribution in [0.15, 0.2) is 5.38 Å². The molecule has 0 spiro atoms. The highest BCUT2D eigenvalue weighted by Crippen LogP contribution is 2.20. The van der Waals surface area contributed by atoms with E-state index in [1.54, 1.807) is 0 Å². The number of rotatable bonds is 2. The molecule has 1 aliphatic rings. The van der Waals surface area contributed by atoms with E-state index in [0.717, 1.165) is 12.1 Å². The molecule has 70 valence electrons. The van der Waals surface area contributed by atoms with Crippen molar-refractivity contribution < 1.29 is 9.53 Å². The molecule has 1 atom stereocenters. The van der Waals surface area contributed by atoms with Gasteiger partial charge in [-0.3, -0.25) is 4.79 Å². The molecular weight excluding hydrogens is 188 g/mol. The molecule has 1 amide bonds. The van der Waals surface area contributed by atoms with Crippen LogP contribution in [-0.4, -0.2) is 23.5 Å². The highest BCUT2D eigenvalue weighted by atomic mass is 32.1. The summed E-state index contributed by atoms with van der Waals surface area (Å²) < 4.78 is 5.40. The minimum Gasteiger partial charge on any atom is -0.457 e. The molecule has 2 rings (SSSR count). The van der Waals surface area contributed by atoms with Gasteiger partial charge in [-0.05, 0) is 6.92 Å². The number of hydrogen-bond acceptors (Lipinski definition) is 4.